The van der Waals surface area contributed by atoms with Crippen LogP contribution in [0.1, 0.15) is 31.5 Å². The van der Waals surface area contributed by atoms with Crippen LogP contribution >= 0.6 is 0 Å². The Balaban J connectivity index is 1.84. The van der Waals surface area contributed by atoms with Crippen molar-refractivity contribution in [2.24, 2.45) is 5.73 Å². The van der Waals surface area contributed by atoms with Crippen LogP contribution in [0.5, 0.6) is 5.75 Å². The largest absolute Gasteiger partial charge is 0.489 e. The number of pyridine rings is 1. The maximum absolute atomic E-state index is 5.71. The molecule has 1 saturated heterocycles. The van der Waals surface area contributed by atoms with E-state index in [0.717, 1.165) is 30.9 Å². The van der Waals surface area contributed by atoms with E-state index in [0.29, 0.717) is 6.61 Å². The lowest BCUT2D eigenvalue weighted by Gasteiger charge is -2.11. The molecule has 0 aromatic carbocycles. The van der Waals surface area contributed by atoms with Gasteiger partial charge in [-0.05, 0) is 31.9 Å². The lowest BCUT2D eigenvalue weighted by Crippen LogP contribution is -2.16. The molecule has 0 amide bonds. The molecule has 2 N–H and O–H groups in total. The van der Waals surface area contributed by atoms with E-state index in [-0.39, 0.29) is 12.1 Å². The van der Waals surface area contributed by atoms with E-state index in [1.807, 2.05) is 19.1 Å². The molecule has 4 nitrogen and oxygen atoms in total. The van der Waals surface area contributed by atoms with Gasteiger partial charge >= 0.3 is 0 Å². The average molecular weight is 222 g/mol. The topological polar surface area (TPSA) is 57.4 Å². The molecule has 2 atom stereocenters. The molecular weight excluding hydrogens is 204 g/mol. The standard InChI is InChI=1S/C12H18N2O2/c1-9(13)12-5-4-10(7-14-12)16-8-11-3-2-6-15-11/h4-5,7,9,11H,2-3,6,8,13H2,1H3. The highest BCUT2D eigenvalue weighted by molar-refractivity contribution is 5.21. The Labute approximate surface area is 95.8 Å². The second-order valence-electron chi connectivity index (χ2n) is 4.15. The first kappa shape index (κ1) is 11.4. The molecule has 2 unspecified atom stereocenters. The molecule has 0 bridgehead atoms. The summed E-state index contributed by atoms with van der Waals surface area (Å²) in [6.07, 6.45) is 4.18. The van der Waals surface area contributed by atoms with E-state index in [4.69, 9.17) is 15.2 Å². The zero-order chi connectivity index (χ0) is 11.4. The Hall–Kier alpha value is -1.13. The second kappa shape index (κ2) is 5.27. The average Bonchev–Trinajstić information content (AvgIpc) is 2.80. The summed E-state index contributed by atoms with van der Waals surface area (Å²) >= 11 is 0. The molecule has 0 aliphatic carbocycles. The van der Waals surface area contributed by atoms with Crippen LogP contribution in [0.4, 0.5) is 0 Å². The highest BCUT2D eigenvalue weighted by Gasteiger charge is 2.15. The molecule has 88 valence electrons. The van der Waals surface area contributed by atoms with Crippen molar-refractivity contribution in [3.05, 3.63) is 24.0 Å². The Kier molecular flexibility index (Phi) is 3.74. The third-order valence-electron chi connectivity index (χ3n) is 2.69. The maximum Gasteiger partial charge on any atom is 0.137 e. The first-order valence-corrected chi connectivity index (χ1v) is 5.71. The molecule has 0 radical (unpaired) electrons. The number of hydrogen-bond acceptors (Lipinski definition) is 4. The lowest BCUT2D eigenvalue weighted by atomic mass is 10.2. The third kappa shape index (κ3) is 2.93. The van der Waals surface area contributed by atoms with Gasteiger partial charge in [0.15, 0.2) is 0 Å². The van der Waals surface area contributed by atoms with E-state index in [1.54, 1.807) is 6.20 Å². The first-order valence-electron chi connectivity index (χ1n) is 5.71. The number of rotatable bonds is 4. The molecule has 16 heavy (non-hydrogen) atoms. The van der Waals surface area contributed by atoms with Gasteiger partial charge in [0.05, 0.1) is 18.0 Å². The van der Waals surface area contributed by atoms with Crippen molar-refractivity contribution in [1.29, 1.82) is 0 Å². The summed E-state index contributed by atoms with van der Waals surface area (Å²) < 4.78 is 11.1. The summed E-state index contributed by atoms with van der Waals surface area (Å²) in [4.78, 5) is 4.23. The van der Waals surface area contributed by atoms with Crippen molar-refractivity contribution in [2.45, 2.75) is 31.9 Å². The van der Waals surface area contributed by atoms with Crippen LogP contribution in [0.25, 0.3) is 0 Å². The molecule has 1 aliphatic rings. The third-order valence-corrected chi connectivity index (χ3v) is 2.69. The number of hydrogen-bond donors (Lipinski definition) is 1. The normalized spacial score (nSPS) is 22.0. The van der Waals surface area contributed by atoms with Crippen molar-refractivity contribution in [2.75, 3.05) is 13.2 Å². The number of nitrogens with two attached hydrogens (primary N) is 1. The fraction of sp³-hybridized carbons (Fsp3) is 0.583. The van der Waals surface area contributed by atoms with E-state index in [9.17, 15) is 0 Å². The molecule has 1 aromatic heterocycles. The molecular formula is C12H18N2O2. The zero-order valence-electron chi connectivity index (χ0n) is 9.56. The van der Waals surface area contributed by atoms with Gasteiger partial charge in [0.25, 0.3) is 0 Å². The fourth-order valence-corrected chi connectivity index (χ4v) is 1.71. The van der Waals surface area contributed by atoms with Gasteiger partial charge in [-0.15, -0.1) is 0 Å². The number of ether oxygens (including phenoxy) is 2. The predicted octanol–water partition coefficient (Wildman–Crippen LogP) is 1.66. The van der Waals surface area contributed by atoms with Crippen LogP contribution < -0.4 is 10.5 Å². The van der Waals surface area contributed by atoms with Crippen LogP contribution in [0, 0.1) is 0 Å². The van der Waals surface area contributed by atoms with Crippen molar-refractivity contribution in [3.63, 3.8) is 0 Å². The Morgan fingerprint density at radius 2 is 2.50 bits per heavy atom. The van der Waals surface area contributed by atoms with Crippen LogP contribution in [0.15, 0.2) is 18.3 Å². The maximum atomic E-state index is 5.71. The quantitative estimate of drug-likeness (QED) is 0.841. The summed E-state index contributed by atoms with van der Waals surface area (Å²) in [7, 11) is 0. The smallest absolute Gasteiger partial charge is 0.137 e. The van der Waals surface area contributed by atoms with Gasteiger partial charge in [-0.1, -0.05) is 0 Å². The minimum absolute atomic E-state index is 0.0350. The lowest BCUT2D eigenvalue weighted by molar-refractivity contribution is 0.0678. The van der Waals surface area contributed by atoms with Crippen molar-refractivity contribution in [3.8, 4) is 5.75 Å². The van der Waals surface area contributed by atoms with Gasteiger partial charge in [-0.2, -0.15) is 0 Å². The monoisotopic (exact) mass is 222 g/mol. The highest BCUT2D eigenvalue weighted by Crippen LogP contribution is 2.16. The minimum Gasteiger partial charge on any atom is -0.489 e. The summed E-state index contributed by atoms with van der Waals surface area (Å²) in [6.45, 7) is 3.38. The fourth-order valence-electron chi connectivity index (χ4n) is 1.71. The van der Waals surface area contributed by atoms with Crippen molar-refractivity contribution >= 4 is 0 Å². The summed E-state index contributed by atoms with van der Waals surface area (Å²) in [6, 6.07) is 3.77. The molecule has 1 fully saturated rings. The van der Waals surface area contributed by atoms with E-state index < -0.39 is 0 Å². The molecule has 1 aromatic rings. The summed E-state index contributed by atoms with van der Waals surface area (Å²) in [5, 5.41) is 0. The highest BCUT2D eigenvalue weighted by atomic mass is 16.5. The Morgan fingerprint density at radius 1 is 1.62 bits per heavy atom. The van der Waals surface area contributed by atoms with Gasteiger partial charge in [-0.3, -0.25) is 4.98 Å². The molecule has 4 heteroatoms. The van der Waals surface area contributed by atoms with Crippen LogP contribution in [0.2, 0.25) is 0 Å². The zero-order valence-corrected chi connectivity index (χ0v) is 9.56. The van der Waals surface area contributed by atoms with E-state index >= 15 is 0 Å². The molecule has 2 rings (SSSR count). The van der Waals surface area contributed by atoms with Gasteiger partial charge in [-0.25, -0.2) is 0 Å². The molecule has 0 saturated carbocycles. The molecule has 1 aliphatic heterocycles. The van der Waals surface area contributed by atoms with E-state index in [1.165, 1.54) is 0 Å². The molecule has 2 heterocycles. The van der Waals surface area contributed by atoms with E-state index in [2.05, 4.69) is 4.98 Å². The first-order chi connectivity index (χ1) is 7.75. The van der Waals surface area contributed by atoms with Crippen molar-refractivity contribution < 1.29 is 9.47 Å². The predicted molar refractivity (Wildman–Crippen MR) is 61.3 cm³/mol. The Bertz CT molecular complexity index is 318. The number of aromatic nitrogens is 1. The van der Waals surface area contributed by atoms with Crippen LogP contribution in [-0.4, -0.2) is 24.3 Å². The number of nitrogens with zero attached hydrogens (tertiary/aromatic N) is 1. The Morgan fingerprint density at radius 3 is 3.06 bits per heavy atom. The van der Waals surface area contributed by atoms with Gasteiger partial charge < -0.3 is 15.2 Å². The van der Waals surface area contributed by atoms with Gasteiger partial charge in [0.1, 0.15) is 12.4 Å². The minimum atomic E-state index is -0.0350. The second-order valence-corrected chi connectivity index (χ2v) is 4.15. The van der Waals surface area contributed by atoms with Crippen LogP contribution in [-0.2, 0) is 4.74 Å². The SMILES string of the molecule is CC(N)c1ccc(OCC2CCCO2)cn1. The van der Waals surface area contributed by atoms with Gasteiger partial charge in [0.2, 0.25) is 0 Å². The molecule has 0 spiro atoms. The summed E-state index contributed by atoms with van der Waals surface area (Å²) in [5.41, 5.74) is 6.59. The summed E-state index contributed by atoms with van der Waals surface area (Å²) in [5.74, 6) is 0.778. The van der Waals surface area contributed by atoms with Gasteiger partial charge in [0, 0.05) is 12.6 Å². The van der Waals surface area contributed by atoms with Crippen LogP contribution in [0.3, 0.4) is 0 Å². The van der Waals surface area contributed by atoms with Crippen molar-refractivity contribution in [1.82, 2.24) is 4.98 Å².